The van der Waals surface area contributed by atoms with Gasteiger partial charge in [0.15, 0.2) is 0 Å². The van der Waals surface area contributed by atoms with Gasteiger partial charge in [0.25, 0.3) is 0 Å². The van der Waals surface area contributed by atoms with Gasteiger partial charge in [0.2, 0.25) is 0 Å². The van der Waals surface area contributed by atoms with Gasteiger partial charge in [0.05, 0.1) is 0 Å². The smallest absolute Gasteiger partial charge is 0.0252 e. The number of hydrogen-bond donors (Lipinski definition) is 1. The van der Waals surface area contributed by atoms with Gasteiger partial charge in [-0.1, -0.05) is 33.6 Å². The van der Waals surface area contributed by atoms with E-state index in [1.807, 2.05) is 0 Å². The average Bonchev–Trinajstić information content (AvgIpc) is 2.70. The van der Waals surface area contributed by atoms with Crippen LogP contribution >= 0.6 is 0 Å². The van der Waals surface area contributed by atoms with E-state index >= 15 is 0 Å². The highest BCUT2D eigenvalue weighted by Gasteiger charge is 2.37. The second-order valence-corrected chi connectivity index (χ2v) is 6.84. The molecule has 0 aromatic heterocycles. The van der Waals surface area contributed by atoms with Crippen LogP contribution in [0.5, 0.6) is 0 Å². The highest BCUT2D eigenvalue weighted by atomic mass is 15.2. The summed E-state index contributed by atoms with van der Waals surface area (Å²) in [6.07, 6.45) is 7.04. The summed E-state index contributed by atoms with van der Waals surface area (Å²) in [6.45, 7) is 9.82. The molecule has 2 aliphatic rings. The van der Waals surface area contributed by atoms with Crippen molar-refractivity contribution in [3.63, 3.8) is 0 Å². The van der Waals surface area contributed by atoms with E-state index < -0.39 is 0 Å². The first-order chi connectivity index (χ1) is 8.65. The summed E-state index contributed by atoms with van der Waals surface area (Å²) >= 11 is 0. The first-order valence-electron chi connectivity index (χ1n) is 8.07. The number of likely N-dealkylation sites (N-methyl/N-ethyl adjacent to an activating group) is 1. The highest BCUT2D eigenvalue weighted by Crippen LogP contribution is 2.34. The standard InChI is InChI=1S/C16H32N2/c1-5-6-14-7-8-15(17-4)16(9-14)18-10-12(2)13(3)11-18/h12-17H,5-11H2,1-4H3. The van der Waals surface area contributed by atoms with Gasteiger partial charge in [-0.2, -0.15) is 0 Å². The highest BCUT2D eigenvalue weighted by molar-refractivity contribution is 4.94. The SMILES string of the molecule is CCCC1CCC(NC)C(N2CC(C)C(C)C2)C1. The number of likely N-dealkylation sites (tertiary alicyclic amines) is 1. The summed E-state index contributed by atoms with van der Waals surface area (Å²) in [6, 6.07) is 1.53. The maximum absolute atomic E-state index is 3.58. The Hall–Kier alpha value is -0.0800. The van der Waals surface area contributed by atoms with E-state index in [1.165, 1.54) is 45.2 Å². The van der Waals surface area contributed by atoms with Crippen LogP contribution in [-0.4, -0.2) is 37.1 Å². The van der Waals surface area contributed by atoms with Gasteiger partial charge in [0.1, 0.15) is 0 Å². The molecule has 0 bridgehead atoms. The van der Waals surface area contributed by atoms with Gasteiger partial charge in [0, 0.05) is 25.2 Å². The molecule has 106 valence electrons. The largest absolute Gasteiger partial charge is 0.315 e. The van der Waals surface area contributed by atoms with Gasteiger partial charge < -0.3 is 5.32 Å². The lowest BCUT2D eigenvalue weighted by Crippen LogP contribution is -2.51. The average molecular weight is 252 g/mol. The van der Waals surface area contributed by atoms with Crippen LogP contribution in [0.4, 0.5) is 0 Å². The molecule has 2 rings (SSSR count). The van der Waals surface area contributed by atoms with Gasteiger partial charge in [-0.25, -0.2) is 0 Å². The molecular formula is C16H32N2. The van der Waals surface area contributed by atoms with Crippen molar-refractivity contribution >= 4 is 0 Å². The van der Waals surface area contributed by atoms with Gasteiger partial charge in [-0.3, -0.25) is 4.90 Å². The molecule has 5 atom stereocenters. The molecule has 2 nitrogen and oxygen atoms in total. The number of nitrogens with zero attached hydrogens (tertiary/aromatic N) is 1. The molecule has 0 aromatic carbocycles. The third kappa shape index (κ3) is 3.08. The predicted octanol–water partition coefficient (Wildman–Crippen LogP) is 3.13. The second kappa shape index (κ2) is 6.38. The Kier molecular flexibility index (Phi) is 5.08. The van der Waals surface area contributed by atoms with Crippen molar-refractivity contribution in [1.82, 2.24) is 10.2 Å². The van der Waals surface area contributed by atoms with E-state index in [0.717, 1.165) is 29.8 Å². The zero-order valence-electron chi connectivity index (χ0n) is 12.8. The molecule has 0 spiro atoms. The Morgan fingerprint density at radius 1 is 1.11 bits per heavy atom. The van der Waals surface area contributed by atoms with Crippen molar-refractivity contribution in [2.24, 2.45) is 17.8 Å². The van der Waals surface area contributed by atoms with Crippen molar-refractivity contribution in [1.29, 1.82) is 0 Å². The fourth-order valence-corrected chi connectivity index (χ4v) is 4.09. The van der Waals surface area contributed by atoms with Crippen LogP contribution in [0, 0.1) is 17.8 Å². The summed E-state index contributed by atoms with van der Waals surface area (Å²) in [5, 5.41) is 3.58. The molecule has 2 fully saturated rings. The zero-order chi connectivity index (χ0) is 13.1. The number of rotatable bonds is 4. The fraction of sp³-hybridized carbons (Fsp3) is 1.00. The Balaban J connectivity index is 1.98. The van der Waals surface area contributed by atoms with Crippen LogP contribution in [0.25, 0.3) is 0 Å². The van der Waals surface area contributed by atoms with E-state index in [1.54, 1.807) is 0 Å². The van der Waals surface area contributed by atoms with Gasteiger partial charge in [-0.05, 0) is 44.1 Å². The normalized spacial score (nSPS) is 42.3. The minimum Gasteiger partial charge on any atom is -0.315 e. The lowest BCUT2D eigenvalue weighted by atomic mass is 9.79. The van der Waals surface area contributed by atoms with Crippen molar-refractivity contribution in [3.05, 3.63) is 0 Å². The van der Waals surface area contributed by atoms with Crippen molar-refractivity contribution in [2.45, 2.75) is 65.0 Å². The van der Waals surface area contributed by atoms with E-state index in [2.05, 4.69) is 38.0 Å². The minimum absolute atomic E-state index is 0.732. The van der Waals surface area contributed by atoms with Gasteiger partial charge in [-0.15, -0.1) is 0 Å². The molecule has 5 unspecified atom stereocenters. The van der Waals surface area contributed by atoms with E-state index in [-0.39, 0.29) is 0 Å². The molecule has 2 heteroatoms. The Labute approximate surface area is 114 Å². The molecule has 1 heterocycles. The van der Waals surface area contributed by atoms with Crippen LogP contribution in [0.2, 0.25) is 0 Å². The maximum atomic E-state index is 3.58. The van der Waals surface area contributed by atoms with E-state index in [4.69, 9.17) is 0 Å². The molecule has 1 saturated heterocycles. The molecule has 1 N–H and O–H groups in total. The summed E-state index contributed by atoms with van der Waals surface area (Å²) in [7, 11) is 2.15. The first-order valence-corrected chi connectivity index (χ1v) is 8.07. The fourth-order valence-electron chi connectivity index (χ4n) is 4.09. The monoisotopic (exact) mass is 252 g/mol. The Bertz CT molecular complexity index is 243. The van der Waals surface area contributed by atoms with Crippen molar-refractivity contribution < 1.29 is 0 Å². The topological polar surface area (TPSA) is 15.3 Å². The van der Waals surface area contributed by atoms with Crippen LogP contribution in [0.3, 0.4) is 0 Å². The predicted molar refractivity (Wildman–Crippen MR) is 78.8 cm³/mol. The Morgan fingerprint density at radius 2 is 1.78 bits per heavy atom. The molecule has 1 saturated carbocycles. The number of nitrogens with one attached hydrogen (secondary N) is 1. The van der Waals surface area contributed by atoms with Crippen LogP contribution in [0.1, 0.15) is 52.9 Å². The summed E-state index contributed by atoms with van der Waals surface area (Å²) in [4.78, 5) is 2.79. The summed E-state index contributed by atoms with van der Waals surface area (Å²) < 4.78 is 0. The van der Waals surface area contributed by atoms with E-state index in [0.29, 0.717) is 0 Å². The molecular weight excluding hydrogens is 220 g/mol. The lowest BCUT2D eigenvalue weighted by Gasteiger charge is -2.41. The lowest BCUT2D eigenvalue weighted by molar-refractivity contribution is 0.114. The molecule has 18 heavy (non-hydrogen) atoms. The van der Waals surface area contributed by atoms with Crippen molar-refractivity contribution in [2.75, 3.05) is 20.1 Å². The van der Waals surface area contributed by atoms with Crippen LogP contribution in [0.15, 0.2) is 0 Å². The summed E-state index contributed by atoms with van der Waals surface area (Å²) in [5.41, 5.74) is 0. The maximum Gasteiger partial charge on any atom is 0.0252 e. The van der Waals surface area contributed by atoms with Crippen LogP contribution in [-0.2, 0) is 0 Å². The third-order valence-electron chi connectivity index (χ3n) is 5.48. The molecule has 0 aromatic rings. The molecule has 0 amide bonds. The minimum atomic E-state index is 0.732. The Morgan fingerprint density at radius 3 is 2.33 bits per heavy atom. The first kappa shape index (κ1) is 14.3. The summed E-state index contributed by atoms with van der Waals surface area (Å²) in [5.74, 6) is 2.75. The van der Waals surface area contributed by atoms with E-state index in [9.17, 15) is 0 Å². The van der Waals surface area contributed by atoms with Crippen molar-refractivity contribution in [3.8, 4) is 0 Å². The van der Waals surface area contributed by atoms with Gasteiger partial charge >= 0.3 is 0 Å². The molecule has 1 aliphatic carbocycles. The molecule has 0 radical (unpaired) electrons. The quantitative estimate of drug-likeness (QED) is 0.827. The third-order valence-corrected chi connectivity index (χ3v) is 5.48. The van der Waals surface area contributed by atoms with Crippen LogP contribution < -0.4 is 5.32 Å². The molecule has 1 aliphatic heterocycles. The second-order valence-electron chi connectivity index (χ2n) is 6.84. The zero-order valence-corrected chi connectivity index (χ0v) is 12.8. The number of hydrogen-bond acceptors (Lipinski definition) is 2.